The summed E-state index contributed by atoms with van der Waals surface area (Å²) in [6, 6.07) is 7.68. The summed E-state index contributed by atoms with van der Waals surface area (Å²) in [7, 11) is 0. The number of urea groups is 1. The Balaban J connectivity index is 2.05. The third kappa shape index (κ3) is 2.81. The van der Waals surface area contributed by atoms with Crippen molar-refractivity contribution >= 4 is 17.7 Å². The van der Waals surface area contributed by atoms with Crippen molar-refractivity contribution in [2.75, 3.05) is 6.54 Å². The van der Waals surface area contributed by atoms with E-state index in [1.54, 1.807) is 24.3 Å². The summed E-state index contributed by atoms with van der Waals surface area (Å²) in [5, 5.41) is 2.60. The van der Waals surface area contributed by atoms with E-state index in [1.165, 1.54) is 0 Å². The molecule has 1 fully saturated rings. The van der Waals surface area contributed by atoms with E-state index in [2.05, 4.69) is 5.32 Å². The number of benzene rings is 1. The number of amides is 3. The highest BCUT2D eigenvalue weighted by Gasteiger charge is 2.38. The Morgan fingerprint density at radius 3 is 2.58 bits per heavy atom. The van der Waals surface area contributed by atoms with Crippen LogP contribution in [0.1, 0.15) is 30.1 Å². The molecule has 1 N–H and O–H groups in total. The van der Waals surface area contributed by atoms with Crippen molar-refractivity contribution in [3.8, 4) is 0 Å². The van der Waals surface area contributed by atoms with Gasteiger partial charge in [-0.05, 0) is 6.42 Å². The molecule has 19 heavy (non-hydrogen) atoms. The van der Waals surface area contributed by atoms with E-state index in [4.69, 9.17) is 0 Å². The van der Waals surface area contributed by atoms with E-state index in [1.807, 2.05) is 13.0 Å². The van der Waals surface area contributed by atoms with Gasteiger partial charge < -0.3 is 5.32 Å². The summed E-state index contributed by atoms with van der Waals surface area (Å²) in [6.07, 6.45) is 1.40. The Morgan fingerprint density at radius 2 is 1.95 bits per heavy atom. The minimum absolute atomic E-state index is 0.200. The molecule has 0 aliphatic carbocycles. The highest BCUT2D eigenvalue weighted by Crippen LogP contribution is 2.12. The first-order valence-corrected chi connectivity index (χ1v) is 6.33. The van der Waals surface area contributed by atoms with Gasteiger partial charge in [-0.25, -0.2) is 4.79 Å². The zero-order valence-electron chi connectivity index (χ0n) is 10.8. The predicted octanol–water partition coefficient (Wildman–Crippen LogP) is 1.59. The number of rotatable bonds is 5. The minimum Gasteiger partial charge on any atom is -0.326 e. The van der Waals surface area contributed by atoms with Crippen molar-refractivity contribution in [1.29, 1.82) is 0 Å². The molecule has 2 rings (SSSR count). The van der Waals surface area contributed by atoms with Crippen LogP contribution in [-0.2, 0) is 4.79 Å². The smallest absolute Gasteiger partial charge is 0.325 e. The summed E-state index contributed by atoms with van der Waals surface area (Å²) in [5.74, 6) is -0.544. The molecule has 1 aliphatic rings. The van der Waals surface area contributed by atoms with Gasteiger partial charge in [0.25, 0.3) is 5.91 Å². The van der Waals surface area contributed by atoms with Crippen LogP contribution in [0, 0.1) is 0 Å². The fraction of sp³-hybridized carbons (Fsp3) is 0.357. The molecule has 100 valence electrons. The second kappa shape index (κ2) is 5.65. The summed E-state index contributed by atoms with van der Waals surface area (Å²) in [5.41, 5.74) is 0.502. The van der Waals surface area contributed by atoms with Crippen LogP contribution in [0.3, 0.4) is 0 Å². The van der Waals surface area contributed by atoms with Gasteiger partial charge in [-0.3, -0.25) is 14.5 Å². The molecule has 1 aliphatic heterocycles. The van der Waals surface area contributed by atoms with Crippen LogP contribution < -0.4 is 5.32 Å². The molecule has 1 heterocycles. The average Bonchev–Trinajstić information content (AvgIpc) is 2.68. The zero-order chi connectivity index (χ0) is 13.8. The Labute approximate surface area is 111 Å². The monoisotopic (exact) mass is 260 g/mol. The third-order valence-corrected chi connectivity index (χ3v) is 3.08. The number of hydrogen-bond acceptors (Lipinski definition) is 3. The molecule has 1 atom stereocenters. The molecule has 1 unspecified atom stereocenters. The van der Waals surface area contributed by atoms with Gasteiger partial charge in [0.2, 0.25) is 0 Å². The molecule has 0 aromatic heterocycles. The Hall–Kier alpha value is -2.17. The second-order valence-corrected chi connectivity index (χ2v) is 4.50. The largest absolute Gasteiger partial charge is 0.326 e. The van der Waals surface area contributed by atoms with Gasteiger partial charge in [-0.15, -0.1) is 0 Å². The molecule has 5 nitrogen and oxygen atoms in total. The number of carbonyl (C=O) groups excluding carboxylic acids is 3. The first-order valence-electron chi connectivity index (χ1n) is 6.33. The van der Waals surface area contributed by atoms with Gasteiger partial charge in [0.15, 0.2) is 5.78 Å². The molecule has 0 radical (unpaired) electrons. The van der Waals surface area contributed by atoms with E-state index >= 15 is 0 Å². The van der Waals surface area contributed by atoms with E-state index < -0.39 is 12.1 Å². The van der Waals surface area contributed by atoms with Crippen LogP contribution in [0.5, 0.6) is 0 Å². The standard InChI is InChI=1S/C14H16N2O3/c1-2-6-11-13(18)16(14(19)15-11)9-12(17)10-7-4-3-5-8-10/h3-5,7-8,11H,2,6,9H2,1H3,(H,15,19). The lowest BCUT2D eigenvalue weighted by atomic mass is 10.1. The van der Waals surface area contributed by atoms with Crippen LogP contribution in [0.4, 0.5) is 4.79 Å². The predicted molar refractivity (Wildman–Crippen MR) is 69.7 cm³/mol. The number of nitrogens with one attached hydrogen (secondary N) is 1. The normalized spacial score (nSPS) is 18.6. The zero-order valence-corrected chi connectivity index (χ0v) is 10.8. The van der Waals surface area contributed by atoms with Gasteiger partial charge in [0.05, 0.1) is 6.54 Å². The van der Waals surface area contributed by atoms with E-state index in [0.29, 0.717) is 12.0 Å². The van der Waals surface area contributed by atoms with Crippen LogP contribution in [-0.4, -0.2) is 35.2 Å². The first kappa shape index (κ1) is 13.3. The van der Waals surface area contributed by atoms with Gasteiger partial charge >= 0.3 is 6.03 Å². The number of imide groups is 1. The highest BCUT2D eigenvalue weighted by atomic mass is 16.2. The van der Waals surface area contributed by atoms with Crippen molar-refractivity contribution in [3.05, 3.63) is 35.9 Å². The molecule has 1 saturated heterocycles. The fourth-order valence-electron chi connectivity index (χ4n) is 2.07. The number of Topliss-reactive ketones (excluding diaryl/α,β-unsaturated/α-hetero) is 1. The Morgan fingerprint density at radius 1 is 1.26 bits per heavy atom. The van der Waals surface area contributed by atoms with Crippen LogP contribution in [0.25, 0.3) is 0 Å². The SMILES string of the molecule is CCCC1NC(=O)N(CC(=O)c2ccccc2)C1=O. The molecule has 1 aromatic carbocycles. The molecule has 0 spiro atoms. The van der Waals surface area contributed by atoms with Crippen LogP contribution in [0.2, 0.25) is 0 Å². The molecule has 5 heteroatoms. The Kier molecular flexibility index (Phi) is 3.94. The van der Waals surface area contributed by atoms with E-state index in [-0.39, 0.29) is 18.2 Å². The molecule has 1 aromatic rings. The van der Waals surface area contributed by atoms with E-state index in [9.17, 15) is 14.4 Å². The quantitative estimate of drug-likeness (QED) is 0.645. The van der Waals surface area contributed by atoms with Crippen molar-refractivity contribution in [2.45, 2.75) is 25.8 Å². The van der Waals surface area contributed by atoms with Gasteiger partial charge in [-0.1, -0.05) is 43.7 Å². The lowest BCUT2D eigenvalue weighted by Gasteiger charge is -2.11. The number of carbonyl (C=O) groups is 3. The lowest BCUT2D eigenvalue weighted by Crippen LogP contribution is -2.36. The third-order valence-electron chi connectivity index (χ3n) is 3.08. The van der Waals surface area contributed by atoms with Crippen LogP contribution >= 0.6 is 0 Å². The molecule has 3 amide bonds. The summed E-state index contributed by atoms with van der Waals surface area (Å²) in [4.78, 5) is 36.6. The fourth-order valence-corrected chi connectivity index (χ4v) is 2.07. The second-order valence-electron chi connectivity index (χ2n) is 4.50. The van der Waals surface area contributed by atoms with E-state index in [0.717, 1.165) is 11.3 Å². The van der Waals surface area contributed by atoms with Gasteiger partial charge in [0, 0.05) is 5.56 Å². The molecular formula is C14H16N2O3. The molecule has 0 bridgehead atoms. The maximum Gasteiger partial charge on any atom is 0.325 e. The number of hydrogen-bond donors (Lipinski definition) is 1. The van der Waals surface area contributed by atoms with Gasteiger partial charge in [-0.2, -0.15) is 0 Å². The van der Waals surface area contributed by atoms with Gasteiger partial charge in [0.1, 0.15) is 6.04 Å². The van der Waals surface area contributed by atoms with Crippen molar-refractivity contribution in [2.24, 2.45) is 0 Å². The highest BCUT2D eigenvalue weighted by molar-refractivity contribution is 6.09. The average molecular weight is 260 g/mol. The topological polar surface area (TPSA) is 66.5 Å². The summed E-state index contributed by atoms with van der Waals surface area (Å²) >= 11 is 0. The summed E-state index contributed by atoms with van der Waals surface area (Å²) < 4.78 is 0. The van der Waals surface area contributed by atoms with Crippen LogP contribution in [0.15, 0.2) is 30.3 Å². The lowest BCUT2D eigenvalue weighted by molar-refractivity contribution is -0.127. The number of nitrogens with zero attached hydrogens (tertiary/aromatic N) is 1. The maximum absolute atomic E-state index is 12.0. The first-order chi connectivity index (χ1) is 9.13. The van der Waals surface area contributed by atoms with Crippen molar-refractivity contribution in [3.63, 3.8) is 0 Å². The number of ketones is 1. The maximum atomic E-state index is 12.0. The van der Waals surface area contributed by atoms with Crippen molar-refractivity contribution in [1.82, 2.24) is 10.2 Å². The van der Waals surface area contributed by atoms with Crippen molar-refractivity contribution < 1.29 is 14.4 Å². The summed E-state index contributed by atoms with van der Waals surface area (Å²) in [6.45, 7) is 1.74. The minimum atomic E-state index is -0.485. The molecule has 0 saturated carbocycles. The Bertz CT molecular complexity index is 499. The molecular weight excluding hydrogens is 244 g/mol.